The third-order valence-electron chi connectivity index (χ3n) is 3.91. The van der Waals surface area contributed by atoms with Gasteiger partial charge in [0, 0.05) is 38.3 Å². The molecule has 0 radical (unpaired) electrons. The molecule has 6 heteroatoms. The van der Waals surface area contributed by atoms with Crippen molar-refractivity contribution in [3.63, 3.8) is 0 Å². The molecule has 1 saturated heterocycles. The molecule has 0 aromatic heterocycles. The minimum Gasteiger partial charge on any atom is -0.469 e. The highest BCUT2D eigenvalue weighted by Crippen LogP contribution is 2.16. The summed E-state index contributed by atoms with van der Waals surface area (Å²) in [5, 5.41) is 0. The quantitative estimate of drug-likeness (QED) is 0.663. The van der Waals surface area contributed by atoms with E-state index < -0.39 is 0 Å². The molecule has 0 aromatic rings. The van der Waals surface area contributed by atoms with Crippen LogP contribution in [0.4, 0.5) is 0 Å². The predicted molar refractivity (Wildman–Crippen MR) is 75.3 cm³/mol. The Morgan fingerprint density at radius 3 is 1.55 bits per heavy atom. The van der Waals surface area contributed by atoms with E-state index in [-0.39, 0.29) is 11.9 Å². The van der Waals surface area contributed by atoms with Gasteiger partial charge in [0.05, 0.1) is 27.1 Å². The highest BCUT2D eigenvalue weighted by molar-refractivity contribution is 5.69. The monoisotopic (exact) mass is 286 g/mol. The van der Waals surface area contributed by atoms with Gasteiger partial charge in [-0.1, -0.05) is 0 Å². The zero-order chi connectivity index (χ0) is 15.1. The topological polar surface area (TPSA) is 59.1 Å². The van der Waals surface area contributed by atoms with Gasteiger partial charge in [0.1, 0.15) is 0 Å². The lowest BCUT2D eigenvalue weighted by atomic mass is 10.1. The van der Waals surface area contributed by atoms with E-state index in [4.69, 9.17) is 0 Å². The zero-order valence-corrected chi connectivity index (χ0v) is 12.9. The summed E-state index contributed by atoms with van der Waals surface area (Å²) in [5.41, 5.74) is 0. The Hall–Kier alpha value is -1.14. The van der Waals surface area contributed by atoms with Gasteiger partial charge in [0.25, 0.3) is 0 Å². The van der Waals surface area contributed by atoms with E-state index in [1.807, 2.05) is 0 Å². The Morgan fingerprint density at radius 2 is 1.25 bits per heavy atom. The maximum atomic E-state index is 11.2. The van der Waals surface area contributed by atoms with Crippen molar-refractivity contribution in [1.82, 2.24) is 9.80 Å². The van der Waals surface area contributed by atoms with Crippen LogP contribution in [0.1, 0.15) is 26.7 Å². The summed E-state index contributed by atoms with van der Waals surface area (Å²) < 4.78 is 9.35. The number of hydrogen-bond donors (Lipinski definition) is 0. The molecule has 0 spiro atoms. The average Bonchev–Trinajstić information content (AvgIpc) is 2.45. The van der Waals surface area contributed by atoms with Gasteiger partial charge in [0.2, 0.25) is 0 Å². The van der Waals surface area contributed by atoms with E-state index >= 15 is 0 Å². The molecule has 6 nitrogen and oxygen atoms in total. The highest BCUT2D eigenvalue weighted by atomic mass is 16.5. The molecule has 2 atom stereocenters. The summed E-state index contributed by atoms with van der Waals surface area (Å²) in [6, 6.07) is 0.738. The number of piperazine rings is 1. The van der Waals surface area contributed by atoms with Gasteiger partial charge in [-0.25, -0.2) is 0 Å². The molecule has 1 aliphatic heterocycles. The lowest BCUT2D eigenvalue weighted by Crippen LogP contribution is -2.56. The summed E-state index contributed by atoms with van der Waals surface area (Å²) in [4.78, 5) is 27.0. The first kappa shape index (κ1) is 16.9. The van der Waals surface area contributed by atoms with Gasteiger partial charge in [-0.15, -0.1) is 0 Å². The van der Waals surface area contributed by atoms with E-state index in [0.29, 0.717) is 24.9 Å². The normalized spacial score (nSPS) is 24.4. The van der Waals surface area contributed by atoms with Crippen molar-refractivity contribution in [3.8, 4) is 0 Å². The van der Waals surface area contributed by atoms with E-state index in [2.05, 4.69) is 33.1 Å². The lowest BCUT2D eigenvalue weighted by Gasteiger charge is -2.44. The number of carbonyl (C=O) groups excluding carboxylic acids is 2. The Kier molecular flexibility index (Phi) is 6.95. The zero-order valence-electron chi connectivity index (χ0n) is 12.9. The molecule has 0 aliphatic carbocycles. The number of nitrogens with zero attached hydrogens (tertiary/aromatic N) is 2. The summed E-state index contributed by atoms with van der Waals surface area (Å²) in [6.45, 7) is 7.55. The Bertz CT molecular complexity index is 303. The summed E-state index contributed by atoms with van der Waals surface area (Å²) >= 11 is 0. The number of carbonyl (C=O) groups is 2. The second kappa shape index (κ2) is 8.21. The summed E-state index contributed by atoms with van der Waals surface area (Å²) in [7, 11) is 2.83. The van der Waals surface area contributed by atoms with Gasteiger partial charge in [0.15, 0.2) is 0 Å². The van der Waals surface area contributed by atoms with Crippen LogP contribution in [0.2, 0.25) is 0 Å². The second-order valence-corrected chi connectivity index (χ2v) is 5.34. The fourth-order valence-electron chi connectivity index (χ4n) is 2.57. The first-order valence-electron chi connectivity index (χ1n) is 7.09. The first-order chi connectivity index (χ1) is 9.47. The number of esters is 2. The van der Waals surface area contributed by atoms with Gasteiger partial charge >= 0.3 is 11.9 Å². The smallest absolute Gasteiger partial charge is 0.306 e. The van der Waals surface area contributed by atoms with Crippen LogP contribution in [0.25, 0.3) is 0 Å². The molecule has 116 valence electrons. The van der Waals surface area contributed by atoms with Crippen molar-refractivity contribution in [1.29, 1.82) is 0 Å². The molecule has 20 heavy (non-hydrogen) atoms. The van der Waals surface area contributed by atoms with E-state index in [1.165, 1.54) is 14.2 Å². The lowest BCUT2D eigenvalue weighted by molar-refractivity contribution is -0.142. The maximum Gasteiger partial charge on any atom is 0.306 e. The third kappa shape index (κ3) is 5.09. The third-order valence-corrected chi connectivity index (χ3v) is 3.91. The molecule has 0 N–H and O–H groups in total. The molecule has 0 saturated carbocycles. The van der Waals surface area contributed by atoms with Crippen LogP contribution >= 0.6 is 0 Å². The average molecular weight is 286 g/mol. The molecular weight excluding hydrogens is 260 g/mol. The maximum absolute atomic E-state index is 11.2. The standard InChI is InChI=1S/C14H26N2O4/c1-11-9-16(8-6-14(18)20-4)12(2)10-15(11)7-5-13(17)19-3/h11-12H,5-10H2,1-4H3. The fourth-order valence-corrected chi connectivity index (χ4v) is 2.57. The summed E-state index contributed by atoms with van der Waals surface area (Å²) in [5.74, 6) is -0.337. The molecule has 0 aromatic carbocycles. The molecule has 1 heterocycles. The molecule has 1 rings (SSSR count). The molecule has 1 fully saturated rings. The Balaban J connectivity index is 2.40. The van der Waals surface area contributed by atoms with E-state index in [0.717, 1.165) is 26.2 Å². The van der Waals surface area contributed by atoms with Crippen LogP contribution in [0.5, 0.6) is 0 Å². The Morgan fingerprint density at radius 1 is 0.900 bits per heavy atom. The van der Waals surface area contributed by atoms with Crippen molar-refractivity contribution in [2.24, 2.45) is 0 Å². The predicted octanol–water partition coefficient (Wildman–Crippen LogP) is 0.507. The molecule has 0 amide bonds. The van der Waals surface area contributed by atoms with Crippen LogP contribution < -0.4 is 0 Å². The van der Waals surface area contributed by atoms with E-state index in [1.54, 1.807) is 0 Å². The van der Waals surface area contributed by atoms with Gasteiger partial charge in [-0.05, 0) is 13.8 Å². The molecule has 1 aliphatic rings. The molecule has 2 unspecified atom stereocenters. The minimum absolute atomic E-state index is 0.169. The molecular formula is C14H26N2O4. The molecule has 0 bridgehead atoms. The number of methoxy groups -OCH3 is 2. The van der Waals surface area contributed by atoms with Crippen LogP contribution in [0.15, 0.2) is 0 Å². The van der Waals surface area contributed by atoms with Gasteiger partial charge in [-0.2, -0.15) is 0 Å². The number of rotatable bonds is 6. The van der Waals surface area contributed by atoms with Crippen LogP contribution in [0, 0.1) is 0 Å². The second-order valence-electron chi connectivity index (χ2n) is 5.34. The largest absolute Gasteiger partial charge is 0.469 e. The van der Waals surface area contributed by atoms with Crippen molar-refractivity contribution >= 4 is 11.9 Å². The highest BCUT2D eigenvalue weighted by Gasteiger charge is 2.29. The van der Waals surface area contributed by atoms with Crippen molar-refractivity contribution < 1.29 is 19.1 Å². The van der Waals surface area contributed by atoms with Crippen LogP contribution in [-0.4, -0.2) is 74.2 Å². The van der Waals surface area contributed by atoms with Crippen molar-refractivity contribution in [2.75, 3.05) is 40.4 Å². The first-order valence-corrected chi connectivity index (χ1v) is 7.09. The Labute approximate surface area is 121 Å². The fraction of sp³-hybridized carbons (Fsp3) is 0.857. The van der Waals surface area contributed by atoms with Crippen molar-refractivity contribution in [3.05, 3.63) is 0 Å². The summed E-state index contributed by atoms with van der Waals surface area (Å²) in [6.07, 6.45) is 0.853. The van der Waals surface area contributed by atoms with E-state index in [9.17, 15) is 9.59 Å². The van der Waals surface area contributed by atoms with Crippen molar-refractivity contribution in [2.45, 2.75) is 38.8 Å². The SMILES string of the molecule is COC(=O)CCN1CC(C)N(CCC(=O)OC)CC1C. The van der Waals surface area contributed by atoms with Crippen LogP contribution in [0.3, 0.4) is 0 Å². The number of hydrogen-bond acceptors (Lipinski definition) is 6. The minimum atomic E-state index is -0.169. The van der Waals surface area contributed by atoms with Crippen LogP contribution in [-0.2, 0) is 19.1 Å². The van der Waals surface area contributed by atoms with Gasteiger partial charge < -0.3 is 9.47 Å². The van der Waals surface area contributed by atoms with Gasteiger partial charge in [-0.3, -0.25) is 19.4 Å². The number of ether oxygens (including phenoxy) is 2.